The molecular weight excluding hydrogens is 318 g/mol. The van der Waals surface area contributed by atoms with E-state index in [1.807, 2.05) is 6.20 Å². The maximum Gasteiger partial charge on any atom is 0.133 e. The van der Waals surface area contributed by atoms with E-state index in [0.717, 1.165) is 43.0 Å². The van der Waals surface area contributed by atoms with Crippen molar-refractivity contribution in [1.82, 2.24) is 10.3 Å². The van der Waals surface area contributed by atoms with Crippen molar-refractivity contribution < 1.29 is 4.74 Å². The molecule has 0 radical (unpaired) electrons. The summed E-state index contributed by atoms with van der Waals surface area (Å²) in [5.41, 5.74) is 1.24. The Bertz CT molecular complexity index is 441. The summed E-state index contributed by atoms with van der Waals surface area (Å²) in [5, 5.41) is 3.47. The van der Waals surface area contributed by atoms with Crippen molar-refractivity contribution in [1.29, 1.82) is 0 Å². The van der Waals surface area contributed by atoms with E-state index in [1.54, 1.807) is 0 Å². The van der Waals surface area contributed by atoms with Crippen LogP contribution in [0.5, 0.6) is 0 Å². The summed E-state index contributed by atoms with van der Waals surface area (Å²) in [7, 11) is 0. The van der Waals surface area contributed by atoms with E-state index >= 15 is 0 Å². The lowest BCUT2D eigenvalue weighted by Crippen LogP contribution is -2.48. The summed E-state index contributed by atoms with van der Waals surface area (Å²) in [5.74, 6) is 1.08. The van der Waals surface area contributed by atoms with Crippen LogP contribution in [-0.4, -0.2) is 36.8 Å². The molecule has 1 saturated heterocycles. The van der Waals surface area contributed by atoms with E-state index in [1.165, 1.54) is 5.56 Å². The van der Waals surface area contributed by atoms with E-state index in [0.29, 0.717) is 6.04 Å². The van der Waals surface area contributed by atoms with E-state index in [2.05, 4.69) is 58.0 Å². The molecule has 1 N–H and O–H groups in total. The summed E-state index contributed by atoms with van der Waals surface area (Å²) in [6.07, 6.45) is 3.28. The second-order valence-electron chi connectivity index (χ2n) is 5.46. The topological polar surface area (TPSA) is 37.4 Å². The number of hydrogen-bond acceptors (Lipinski definition) is 4. The van der Waals surface area contributed by atoms with Crippen LogP contribution in [0.2, 0.25) is 0 Å². The van der Waals surface area contributed by atoms with Crippen LogP contribution in [0, 0.1) is 0 Å². The predicted molar refractivity (Wildman–Crippen MR) is 86.2 cm³/mol. The second-order valence-corrected chi connectivity index (χ2v) is 6.37. The van der Waals surface area contributed by atoms with Gasteiger partial charge in [-0.15, -0.1) is 0 Å². The van der Waals surface area contributed by atoms with E-state index in [9.17, 15) is 0 Å². The summed E-state index contributed by atoms with van der Waals surface area (Å²) in [6.45, 7) is 10.0. The van der Waals surface area contributed by atoms with Crippen LogP contribution in [0.15, 0.2) is 16.7 Å². The highest BCUT2D eigenvalue weighted by molar-refractivity contribution is 9.10. The second kappa shape index (κ2) is 7.38. The largest absolute Gasteiger partial charge is 0.375 e. The molecule has 1 aliphatic rings. The first kappa shape index (κ1) is 15.7. The van der Waals surface area contributed by atoms with Gasteiger partial charge in [0.05, 0.1) is 18.8 Å². The minimum absolute atomic E-state index is 0.257. The normalized spacial score (nSPS) is 23.1. The van der Waals surface area contributed by atoms with Crippen LogP contribution in [-0.2, 0) is 11.3 Å². The first-order chi connectivity index (χ1) is 9.61. The van der Waals surface area contributed by atoms with Gasteiger partial charge in [0.25, 0.3) is 0 Å². The Labute approximate surface area is 130 Å². The van der Waals surface area contributed by atoms with Gasteiger partial charge in [-0.25, -0.2) is 4.98 Å². The molecule has 20 heavy (non-hydrogen) atoms. The molecule has 1 aromatic rings. The van der Waals surface area contributed by atoms with E-state index < -0.39 is 0 Å². The predicted octanol–water partition coefficient (Wildman–Crippen LogP) is 2.96. The van der Waals surface area contributed by atoms with Crippen molar-refractivity contribution in [2.45, 2.75) is 45.9 Å². The SMILES string of the molecule is CCCNCc1cc(Br)cnc1N1CC(C)OCC1C. The molecule has 5 heteroatoms. The summed E-state index contributed by atoms with van der Waals surface area (Å²) < 4.78 is 6.74. The van der Waals surface area contributed by atoms with Crippen molar-refractivity contribution >= 4 is 21.7 Å². The van der Waals surface area contributed by atoms with Gasteiger partial charge in [-0.3, -0.25) is 0 Å². The summed E-state index contributed by atoms with van der Waals surface area (Å²) in [4.78, 5) is 7.01. The molecule has 1 fully saturated rings. The smallest absolute Gasteiger partial charge is 0.133 e. The number of rotatable bonds is 5. The van der Waals surface area contributed by atoms with Gasteiger partial charge in [0.15, 0.2) is 0 Å². The maximum atomic E-state index is 5.71. The first-order valence-electron chi connectivity index (χ1n) is 7.35. The van der Waals surface area contributed by atoms with Crippen molar-refractivity contribution in [2.75, 3.05) is 24.6 Å². The zero-order chi connectivity index (χ0) is 14.5. The minimum Gasteiger partial charge on any atom is -0.375 e. The Morgan fingerprint density at radius 1 is 1.50 bits per heavy atom. The third kappa shape index (κ3) is 3.93. The van der Waals surface area contributed by atoms with Crippen molar-refractivity contribution in [3.8, 4) is 0 Å². The Kier molecular flexibility index (Phi) is 5.81. The molecule has 0 aromatic carbocycles. The lowest BCUT2D eigenvalue weighted by molar-refractivity contribution is 0.0339. The maximum absolute atomic E-state index is 5.71. The number of pyridine rings is 1. The lowest BCUT2D eigenvalue weighted by Gasteiger charge is -2.38. The fourth-order valence-electron chi connectivity index (χ4n) is 2.46. The number of hydrogen-bond donors (Lipinski definition) is 1. The molecule has 0 saturated carbocycles. The fourth-order valence-corrected chi connectivity index (χ4v) is 2.84. The van der Waals surface area contributed by atoms with Crippen molar-refractivity contribution in [2.24, 2.45) is 0 Å². The highest BCUT2D eigenvalue weighted by Crippen LogP contribution is 2.26. The molecule has 0 aliphatic carbocycles. The first-order valence-corrected chi connectivity index (χ1v) is 8.14. The number of anilines is 1. The quantitative estimate of drug-likeness (QED) is 0.835. The molecule has 0 amide bonds. The Morgan fingerprint density at radius 3 is 3.05 bits per heavy atom. The third-order valence-electron chi connectivity index (χ3n) is 3.53. The van der Waals surface area contributed by atoms with Gasteiger partial charge in [0, 0.05) is 29.3 Å². The van der Waals surface area contributed by atoms with Crippen LogP contribution >= 0.6 is 15.9 Å². The molecule has 0 bridgehead atoms. The zero-order valence-electron chi connectivity index (χ0n) is 12.5. The van der Waals surface area contributed by atoms with Gasteiger partial charge in [-0.05, 0) is 48.8 Å². The average molecular weight is 342 g/mol. The van der Waals surface area contributed by atoms with Crippen LogP contribution in [0.1, 0.15) is 32.8 Å². The molecule has 2 unspecified atom stereocenters. The molecule has 1 aliphatic heterocycles. The number of morpholine rings is 1. The Balaban J connectivity index is 2.20. The molecule has 112 valence electrons. The highest BCUT2D eigenvalue weighted by Gasteiger charge is 2.26. The number of aromatic nitrogens is 1. The number of halogens is 1. The zero-order valence-corrected chi connectivity index (χ0v) is 14.1. The summed E-state index contributed by atoms with van der Waals surface area (Å²) in [6, 6.07) is 2.53. The number of nitrogens with zero attached hydrogens (tertiary/aromatic N) is 2. The summed E-state index contributed by atoms with van der Waals surface area (Å²) >= 11 is 3.52. The van der Waals surface area contributed by atoms with Crippen LogP contribution in [0.4, 0.5) is 5.82 Å². The van der Waals surface area contributed by atoms with Crippen molar-refractivity contribution in [3.63, 3.8) is 0 Å². The van der Waals surface area contributed by atoms with Crippen LogP contribution in [0.25, 0.3) is 0 Å². The van der Waals surface area contributed by atoms with E-state index in [4.69, 9.17) is 4.74 Å². The molecule has 4 nitrogen and oxygen atoms in total. The molecule has 1 aromatic heterocycles. The van der Waals surface area contributed by atoms with Gasteiger partial charge < -0.3 is 15.0 Å². The number of nitrogens with one attached hydrogen (secondary N) is 1. The van der Waals surface area contributed by atoms with E-state index in [-0.39, 0.29) is 6.10 Å². The van der Waals surface area contributed by atoms with Crippen LogP contribution < -0.4 is 10.2 Å². The molecule has 2 heterocycles. The van der Waals surface area contributed by atoms with Crippen molar-refractivity contribution in [3.05, 3.63) is 22.3 Å². The van der Waals surface area contributed by atoms with Crippen LogP contribution in [0.3, 0.4) is 0 Å². The molecule has 0 spiro atoms. The third-order valence-corrected chi connectivity index (χ3v) is 3.97. The average Bonchev–Trinajstić information content (AvgIpc) is 2.42. The minimum atomic E-state index is 0.257. The molecule has 2 atom stereocenters. The van der Waals surface area contributed by atoms with Gasteiger partial charge in [0.2, 0.25) is 0 Å². The van der Waals surface area contributed by atoms with Gasteiger partial charge in [0.1, 0.15) is 5.82 Å². The van der Waals surface area contributed by atoms with Gasteiger partial charge in [-0.2, -0.15) is 0 Å². The standard InChI is InChI=1S/C15H24BrN3O/c1-4-5-17-7-13-6-14(16)8-18-15(13)19-9-12(3)20-10-11(19)2/h6,8,11-12,17H,4-5,7,9-10H2,1-3H3. The molecular formula is C15H24BrN3O. The Hall–Kier alpha value is -0.650. The highest BCUT2D eigenvalue weighted by atomic mass is 79.9. The fraction of sp³-hybridized carbons (Fsp3) is 0.667. The number of ether oxygens (including phenoxy) is 1. The van der Waals surface area contributed by atoms with Gasteiger partial charge in [-0.1, -0.05) is 6.92 Å². The van der Waals surface area contributed by atoms with Gasteiger partial charge >= 0.3 is 0 Å². The monoisotopic (exact) mass is 341 g/mol. The molecule has 2 rings (SSSR count). The lowest BCUT2D eigenvalue weighted by atomic mass is 10.1. The Morgan fingerprint density at radius 2 is 2.30 bits per heavy atom.